The molecular formula is C24H28N4O3. The number of aromatic amines is 1. The zero-order chi connectivity index (χ0) is 22.4. The molecule has 2 amide bonds. The van der Waals surface area contributed by atoms with Crippen LogP contribution < -0.4 is 15.4 Å². The Morgan fingerprint density at radius 2 is 1.74 bits per heavy atom. The zero-order valence-electron chi connectivity index (χ0n) is 18.2. The number of carbonyl (C=O) groups excluding carboxylic acids is 2. The molecule has 31 heavy (non-hydrogen) atoms. The van der Waals surface area contributed by atoms with Crippen LogP contribution in [0.5, 0.6) is 5.75 Å². The predicted octanol–water partition coefficient (Wildman–Crippen LogP) is 3.60. The van der Waals surface area contributed by atoms with E-state index in [1.165, 1.54) is 6.08 Å². The third kappa shape index (κ3) is 5.72. The molecule has 0 spiro atoms. The van der Waals surface area contributed by atoms with E-state index in [1.807, 2.05) is 62.4 Å². The standard InChI is InChI=1S/C24H28N4O3/c1-15(2)22(23-26-19-7-5-6-8-20(19)27-23)28-24(30)16(3)25-21(29)14-11-17-9-12-18(31-4)13-10-17/h5-16,22H,1-4H3,(H,25,29)(H,26,27)(H,28,30)/b14-11+. The number of fused-ring (bicyclic) bond motifs is 1. The minimum Gasteiger partial charge on any atom is -0.497 e. The molecule has 162 valence electrons. The maximum Gasteiger partial charge on any atom is 0.244 e. The monoisotopic (exact) mass is 420 g/mol. The quantitative estimate of drug-likeness (QED) is 0.485. The van der Waals surface area contributed by atoms with Gasteiger partial charge in [-0.2, -0.15) is 0 Å². The molecule has 1 aromatic heterocycles. The first kappa shape index (κ1) is 22.1. The molecule has 0 aliphatic carbocycles. The lowest BCUT2D eigenvalue weighted by atomic mass is 10.0. The summed E-state index contributed by atoms with van der Waals surface area (Å²) in [5, 5.41) is 5.70. The van der Waals surface area contributed by atoms with E-state index >= 15 is 0 Å². The largest absolute Gasteiger partial charge is 0.497 e. The van der Waals surface area contributed by atoms with Gasteiger partial charge in [0.15, 0.2) is 0 Å². The van der Waals surface area contributed by atoms with E-state index in [4.69, 9.17) is 4.74 Å². The molecule has 0 aliphatic rings. The van der Waals surface area contributed by atoms with Crippen molar-refractivity contribution in [3.05, 3.63) is 66.0 Å². The molecular weight excluding hydrogens is 392 g/mol. The van der Waals surface area contributed by atoms with Crippen LogP contribution in [0.25, 0.3) is 17.1 Å². The summed E-state index contributed by atoms with van der Waals surface area (Å²) in [6.45, 7) is 5.68. The molecule has 2 atom stereocenters. The van der Waals surface area contributed by atoms with Crippen molar-refractivity contribution in [2.75, 3.05) is 7.11 Å². The Hall–Kier alpha value is -3.61. The molecule has 2 unspecified atom stereocenters. The Kier molecular flexibility index (Phi) is 7.07. The molecule has 3 rings (SSSR count). The van der Waals surface area contributed by atoms with Crippen molar-refractivity contribution >= 4 is 28.9 Å². The molecule has 3 aromatic rings. The number of aromatic nitrogens is 2. The normalized spacial score (nSPS) is 13.3. The van der Waals surface area contributed by atoms with Crippen molar-refractivity contribution in [1.82, 2.24) is 20.6 Å². The summed E-state index contributed by atoms with van der Waals surface area (Å²) in [6.07, 6.45) is 3.09. The van der Waals surface area contributed by atoms with Gasteiger partial charge in [-0.05, 0) is 48.7 Å². The van der Waals surface area contributed by atoms with Gasteiger partial charge in [0.2, 0.25) is 11.8 Å². The number of amides is 2. The van der Waals surface area contributed by atoms with Gasteiger partial charge in [-0.1, -0.05) is 38.1 Å². The van der Waals surface area contributed by atoms with Crippen molar-refractivity contribution in [2.24, 2.45) is 5.92 Å². The second kappa shape index (κ2) is 9.93. The van der Waals surface area contributed by atoms with E-state index < -0.39 is 6.04 Å². The predicted molar refractivity (Wildman–Crippen MR) is 121 cm³/mol. The molecule has 0 bridgehead atoms. The number of para-hydroxylation sites is 2. The summed E-state index contributed by atoms with van der Waals surface area (Å²) < 4.78 is 5.12. The van der Waals surface area contributed by atoms with Gasteiger partial charge in [0.1, 0.15) is 17.6 Å². The number of rotatable bonds is 8. The van der Waals surface area contributed by atoms with Gasteiger partial charge in [0, 0.05) is 6.08 Å². The molecule has 2 aromatic carbocycles. The minimum absolute atomic E-state index is 0.113. The minimum atomic E-state index is -0.696. The third-order valence-corrected chi connectivity index (χ3v) is 4.96. The van der Waals surface area contributed by atoms with Gasteiger partial charge in [0.25, 0.3) is 0 Å². The summed E-state index contributed by atoms with van der Waals surface area (Å²) in [4.78, 5) is 32.8. The number of H-pyrrole nitrogens is 1. The van der Waals surface area contributed by atoms with Crippen molar-refractivity contribution in [3.8, 4) is 5.75 Å². The first-order chi connectivity index (χ1) is 14.9. The van der Waals surface area contributed by atoms with Gasteiger partial charge in [0.05, 0.1) is 24.2 Å². The zero-order valence-corrected chi connectivity index (χ0v) is 18.2. The second-order valence-corrected chi connectivity index (χ2v) is 7.71. The average Bonchev–Trinajstić information content (AvgIpc) is 3.19. The highest BCUT2D eigenvalue weighted by Gasteiger charge is 2.24. The van der Waals surface area contributed by atoms with Gasteiger partial charge < -0.3 is 20.4 Å². The van der Waals surface area contributed by atoms with Crippen LogP contribution in [0.2, 0.25) is 0 Å². The van der Waals surface area contributed by atoms with E-state index in [0.29, 0.717) is 5.82 Å². The van der Waals surface area contributed by atoms with E-state index in [0.717, 1.165) is 22.3 Å². The van der Waals surface area contributed by atoms with Crippen LogP contribution in [0.3, 0.4) is 0 Å². The lowest BCUT2D eigenvalue weighted by Gasteiger charge is -2.22. The van der Waals surface area contributed by atoms with E-state index in [9.17, 15) is 9.59 Å². The van der Waals surface area contributed by atoms with E-state index in [1.54, 1.807) is 20.1 Å². The summed E-state index contributed by atoms with van der Waals surface area (Å²) >= 11 is 0. The van der Waals surface area contributed by atoms with Gasteiger partial charge in [-0.25, -0.2) is 4.98 Å². The van der Waals surface area contributed by atoms with Crippen LogP contribution in [0.1, 0.15) is 38.2 Å². The maximum atomic E-state index is 12.7. The topological polar surface area (TPSA) is 96.1 Å². The number of imidazole rings is 1. The van der Waals surface area contributed by atoms with Crippen LogP contribution in [0.15, 0.2) is 54.6 Å². The Labute approximate surface area is 181 Å². The summed E-state index contributed by atoms with van der Waals surface area (Å²) in [6, 6.07) is 14.1. The molecule has 1 heterocycles. The van der Waals surface area contributed by atoms with Crippen molar-refractivity contribution < 1.29 is 14.3 Å². The van der Waals surface area contributed by atoms with Gasteiger partial charge in [-0.3, -0.25) is 9.59 Å². The molecule has 0 saturated heterocycles. The van der Waals surface area contributed by atoms with Crippen LogP contribution in [-0.4, -0.2) is 34.9 Å². The number of hydrogen-bond acceptors (Lipinski definition) is 4. The van der Waals surface area contributed by atoms with E-state index in [-0.39, 0.29) is 23.8 Å². The Bertz CT molecular complexity index is 1040. The number of nitrogens with zero attached hydrogens (tertiary/aromatic N) is 1. The average molecular weight is 421 g/mol. The number of benzene rings is 2. The van der Waals surface area contributed by atoms with Gasteiger partial charge in [-0.15, -0.1) is 0 Å². The lowest BCUT2D eigenvalue weighted by molar-refractivity contribution is -0.127. The smallest absolute Gasteiger partial charge is 0.244 e. The number of carbonyl (C=O) groups is 2. The molecule has 0 saturated carbocycles. The van der Waals surface area contributed by atoms with Crippen LogP contribution in [0.4, 0.5) is 0 Å². The molecule has 0 aliphatic heterocycles. The van der Waals surface area contributed by atoms with E-state index in [2.05, 4.69) is 20.6 Å². The number of nitrogens with one attached hydrogen (secondary N) is 3. The Balaban J connectivity index is 1.60. The second-order valence-electron chi connectivity index (χ2n) is 7.71. The fraction of sp³-hybridized carbons (Fsp3) is 0.292. The van der Waals surface area contributed by atoms with Crippen molar-refractivity contribution in [1.29, 1.82) is 0 Å². The molecule has 7 nitrogen and oxygen atoms in total. The number of hydrogen-bond donors (Lipinski definition) is 3. The molecule has 0 radical (unpaired) electrons. The fourth-order valence-corrected chi connectivity index (χ4v) is 3.16. The van der Waals surface area contributed by atoms with Crippen molar-refractivity contribution in [3.63, 3.8) is 0 Å². The highest BCUT2D eigenvalue weighted by molar-refractivity contribution is 5.95. The third-order valence-electron chi connectivity index (χ3n) is 4.96. The Morgan fingerprint density at radius 1 is 1.03 bits per heavy atom. The first-order valence-corrected chi connectivity index (χ1v) is 10.2. The van der Waals surface area contributed by atoms with Crippen LogP contribution in [0, 0.1) is 5.92 Å². The number of methoxy groups -OCH3 is 1. The fourth-order valence-electron chi connectivity index (χ4n) is 3.16. The summed E-state index contributed by atoms with van der Waals surface area (Å²) in [5.74, 6) is 0.939. The molecule has 7 heteroatoms. The Morgan fingerprint density at radius 3 is 2.39 bits per heavy atom. The summed E-state index contributed by atoms with van der Waals surface area (Å²) in [7, 11) is 1.60. The first-order valence-electron chi connectivity index (χ1n) is 10.2. The summed E-state index contributed by atoms with van der Waals surface area (Å²) in [5.41, 5.74) is 2.63. The highest BCUT2D eigenvalue weighted by Crippen LogP contribution is 2.22. The molecule has 3 N–H and O–H groups in total. The number of ether oxygens (including phenoxy) is 1. The molecule has 0 fully saturated rings. The van der Waals surface area contributed by atoms with Crippen LogP contribution >= 0.6 is 0 Å². The van der Waals surface area contributed by atoms with Crippen LogP contribution in [-0.2, 0) is 9.59 Å². The SMILES string of the molecule is COc1ccc(/C=C/C(=O)NC(C)C(=O)NC(c2nc3ccccc3[nH]2)C(C)C)cc1. The van der Waals surface area contributed by atoms with Gasteiger partial charge >= 0.3 is 0 Å². The van der Waals surface area contributed by atoms with Crippen molar-refractivity contribution in [2.45, 2.75) is 32.9 Å². The lowest BCUT2D eigenvalue weighted by Crippen LogP contribution is -2.46. The highest BCUT2D eigenvalue weighted by atomic mass is 16.5. The maximum absolute atomic E-state index is 12.7.